The zero-order valence-corrected chi connectivity index (χ0v) is 32.1. The third-order valence-corrected chi connectivity index (χ3v) is 13.4. The number of fused-ring (bicyclic) bond motifs is 10. The standard InChI is InChI=1S/C51H30N4S2/c1-2-12-31(13-3-1)49-52-50(54-51(53-49)35-24-25-39-37-18-5-8-22-44(37)56-46(39)30-35)34-16-10-14-32(28-34)33-15-11-17-36(29-33)55-42-21-7-4-20-41(42)47-43(55)27-26-40-38-19-6-9-23-45(38)57-48(40)47/h1-30H. The minimum Gasteiger partial charge on any atom is -0.309 e. The Morgan fingerprint density at radius 3 is 1.70 bits per heavy atom. The van der Waals surface area contributed by atoms with E-state index in [1.807, 2.05) is 29.5 Å². The van der Waals surface area contributed by atoms with Gasteiger partial charge in [-0.15, -0.1) is 22.7 Å². The molecule has 4 aromatic heterocycles. The molecule has 0 saturated heterocycles. The lowest BCUT2D eigenvalue weighted by molar-refractivity contribution is 1.07. The van der Waals surface area contributed by atoms with E-state index in [1.165, 1.54) is 62.2 Å². The van der Waals surface area contributed by atoms with E-state index in [4.69, 9.17) is 15.0 Å². The fourth-order valence-electron chi connectivity index (χ4n) is 8.39. The number of nitrogens with zero attached hydrogens (tertiary/aromatic N) is 4. The minimum absolute atomic E-state index is 0.642. The van der Waals surface area contributed by atoms with Crippen molar-refractivity contribution in [3.05, 3.63) is 182 Å². The maximum absolute atomic E-state index is 5.14. The first-order chi connectivity index (χ1) is 28.2. The zero-order valence-electron chi connectivity index (χ0n) is 30.4. The Morgan fingerprint density at radius 2 is 0.895 bits per heavy atom. The summed E-state index contributed by atoms with van der Waals surface area (Å²) in [5.74, 6) is 1.95. The molecule has 0 saturated carbocycles. The Bertz CT molecular complexity index is 3540. The summed E-state index contributed by atoms with van der Waals surface area (Å²) >= 11 is 3.69. The largest absolute Gasteiger partial charge is 0.309 e. The van der Waals surface area contributed by atoms with Crippen molar-refractivity contribution >= 4 is 84.8 Å². The summed E-state index contributed by atoms with van der Waals surface area (Å²) in [4.78, 5) is 15.3. The maximum atomic E-state index is 5.14. The van der Waals surface area contributed by atoms with Gasteiger partial charge in [-0.05, 0) is 59.7 Å². The van der Waals surface area contributed by atoms with Crippen LogP contribution in [0.15, 0.2) is 182 Å². The van der Waals surface area contributed by atoms with Gasteiger partial charge in [0.1, 0.15) is 0 Å². The molecule has 266 valence electrons. The van der Waals surface area contributed by atoms with Gasteiger partial charge in [0.05, 0.1) is 11.0 Å². The van der Waals surface area contributed by atoms with E-state index < -0.39 is 0 Å². The summed E-state index contributed by atoms with van der Waals surface area (Å²) in [7, 11) is 0. The molecule has 4 nitrogen and oxygen atoms in total. The fourth-order valence-corrected chi connectivity index (χ4v) is 10.8. The van der Waals surface area contributed by atoms with Gasteiger partial charge in [0.2, 0.25) is 0 Å². The van der Waals surface area contributed by atoms with Gasteiger partial charge < -0.3 is 4.57 Å². The zero-order chi connectivity index (χ0) is 37.5. The second kappa shape index (κ2) is 12.8. The van der Waals surface area contributed by atoms with Crippen molar-refractivity contribution in [2.45, 2.75) is 0 Å². The van der Waals surface area contributed by atoms with E-state index in [-0.39, 0.29) is 0 Å². The molecule has 0 radical (unpaired) electrons. The van der Waals surface area contributed by atoms with Gasteiger partial charge >= 0.3 is 0 Å². The summed E-state index contributed by atoms with van der Waals surface area (Å²) in [6, 6.07) is 64.9. The molecule has 0 aliphatic heterocycles. The van der Waals surface area contributed by atoms with Crippen LogP contribution in [0.3, 0.4) is 0 Å². The number of thiophene rings is 2. The van der Waals surface area contributed by atoms with Crippen LogP contribution in [0, 0.1) is 0 Å². The highest BCUT2D eigenvalue weighted by molar-refractivity contribution is 7.27. The predicted molar refractivity (Wildman–Crippen MR) is 242 cm³/mol. The molecule has 0 N–H and O–H groups in total. The van der Waals surface area contributed by atoms with Crippen LogP contribution in [-0.2, 0) is 0 Å². The monoisotopic (exact) mass is 762 g/mol. The first-order valence-corrected chi connectivity index (χ1v) is 20.6. The number of hydrogen-bond donors (Lipinski definition) is 0. The Hall–Kier alpha value is -6.99. The highest BCUT2D eigenvalue weighted by atomic mass is 32.1. The maximum Gasteiger partial charge on any atom is 0.164 e. The quantitative estimate of drug-likeness (QED) is 0.175. The van der Waals surface area contributed by atoms with E-state index in [0.717, 1.165) is 33.5 Å². The Labute approximate surface area is 335 Å². The van der Waals surface area contributed by atoms with Gasteiger partial charge in [0.25, 0.3) is 0 Å². The van der Waals surface area contributed by atoms with Crippen LogP contribution < -0.4 is 0 Å². The predicted octanol–water partition coefficient (Wildman–Crippen LogP) is 14.4. The molecule has 0 fully saturated rings. The summed E-state index contributed by atoms with van der Waals surface area (Å²) in [5.41, 5.74) is 8.60. The minimum atomic E-state index is 0.642. The van der Waals surface area contributed by atoms with E-state index in [2.05, 4.69) is 168 Å². The summed E-state index contributed by atoms with van der Waals surface area (Å²) in [5, 5.41) is 7.73. The molecule has 0 atom stereocenters. The molecule has 0 bridgehead atoms. The molecular weight excluding hydrogens is 733 g/mol. The van der Waals surface area contributed by atoms with Gasteiger partial charge in [0.15, 0.2) is 17.5 Å². The number of hydrogen-bond acceptors (Lipinski definition) is 5. The lowest BCUT2D eigenvalue weighted by atomic mass is 10.0. The summed E-state index contributed by atoms with van der Waals surface area (Å²) < 4.78 is 7.56. The summed E-state index contributed by atoms with van der Waals surface area (Å²) in [6.07, 6.45) is 0. The first-order valence-electron chi connectivity index (χ1n) is 19.0. The van der Waals surface area contributed by atoms with Crippen LogP contribution in [0.1, 0.15) is 0 Å². The smallest absolute Gasteiger partial charge is 0.164 e. The average molecular weight is 763 g/mol. The Balaban J connectivity index is 0.987. The molecule has 12 aromatic rings. The normalized spacial score (nSPS) is 11.9. The average Bonchev–Trinajstić information content (AvgIpc) is 3.96. The Morgan fingerprint density at radius 1 is 0.333 bits per heavy atom. The fraction of sp³-hybridized carbons (Fsp3) is 0. The van der Waals surface area contributed by atoms with Crippen molar-refractivity contribution < 1.29 is 0 Å². The van der Waals surface area contributed by atoms with Crippen LogP contribution >= 0.6 is 22.7 Å². The molecule has 0 aliphatic carbocycles. The molecule has 8 aromatic carbocycles. The highest BCUT2D eigenvalue weighted by Crippen LogP contribution is 2.44. The van der Waals surface area contributed by atoms with Crippen LogP contribution in [0.5, 0.6) is 0 Å². The molecule has 12 rings (SSSR count). The molecule has 57 heavy (non-hydrogen) atoms. The van der Waals surface area contributed by atoms with E-state index >= 15 is 0 Å². The van der Waals surface area contributed by atoms with Crippen molar-refractivity contribution in [3.63, 3.8) is 0 Å². The van der Waals surface area contributed by atoms with Gasteiger partial charge in [-0.1, -0.05) is 133 Å². The summed E-state index contributed by atoms with van der Waals surface area (Å²) in [6.45, 7) is 0. The third-order valence-electron chi connectivity index (χ3n) is 11.0. The Kier molecular flexibility index (Phi) is 7.24. The molecule has 0 unspecified atom stereocenters. The van der Waals surface area contributed by atoms with Crippen molar-refractivity contribution in [2.75, 3.05) is 0 Å². The van der Waals surface area contributed by atoms with Crippen LogP contribution in [0.25, 0.3) is 113 Å². The van der Waals surface area contributed by atoms with E-state index in [9.17, 15) is 0 Å². The number of benzene rings is 8. The molecule has 0 aliphatic rings. The van der Waals surface area contributed by atoms with Crippen molar-refractivity contribution in [3.8, 4) is 51.0 Å². The van der Waals surface area contributed by atoms with Crippen LogP contribution in [0.4, 0.5) is 0 Å². The molecule has 0 amide bonds. The van der Waals surface area contributed by atoms with E-state index in [1.54, 1.807) is 11.3 Å². The molecule has 6 heteroatoms. The topological polar surface area (TPSA) is 43.6 Å². The van der Waals surface area contributed by atoms with Crippen molar-refractivity contribution in [1.82, 2.24) is 19.5 Å². The van der Waals surface area contributed by atoms with Crippen molar-refractivity contribution in [2.24, 2.45) is 0 Å². The second-order valence-electron chi connectivity index (χ2n) is 14.4. The van der Waals surface area contributed by atoms with Crippen molar-refractivity contribution in [1.29, 1.82) is 0 Å². The SMILES string of the molecule is c1ccc(-c2nc(-c3cccc(-c4cccc(-n5c6ccccc6c6c7sc8ccccc8c7ccc65)c4)c3)nc(-c3ccc4c(c3)sc3ccccc34)n2)cc1. The lowest BCUT2D eigenvalue weighted by Gasteiger charge is -2.12. The second-order valence-corrected chi connectivity index (χ2v) is 16.5. The molecule has 0 spiro atoms. The van der Waals surface area contributed by atoms with Crippen LogP contribution in [-0.4, -0.2) is 19.5 Å². The van der Waals surface area contributed by atoms with Gasteiger partial charge in [-0.25, -0.2) is 15.0 Å². The number of rotatable bonds is 5. The van der Waals surface area contributed by atoms with E-state index in [0.29, 0.717) is 17.5 Å². The lowest BCUT2D eigenvalue weighted by Crippen LogP contribution is -2.00. The first kappa shape index (κ1) is 32.3. The highest BCUT2D eigenvalue weighted by Gasteiger charge is 2.19. The molecular formula is C51H30N4S2. The van der Waals surface area contributed by atoms with Gasteiger partial charge in [0, 0.05) is 73.5 Å². The molecule has 4 heterocycles. The number of para-hydroxylation sites is 1. The van der Waals surface area contributed by atoms with Gasteiger partial charge in [-0.3, -0.25) is 0 Å². The third kappa shape index (κ3) is 5.22. The van der Waals surface area contributed by atoms with Crippen LogP contribution in [0.2, 0.25) is 0 Å². The van der Waals surface area contributed by atoms with Gasteiger partial charge in [-0.2, -0.15) is 0 Å². The number of aromatic nitrogens is 4.